The molecule has 0 aliphatic rings. The van der Waals surface area contributed by atoms with Gasteiger partial charge in [-0.15, -0.1) is 0 Å². The van der Waals surface area contributed by atoms with E-state index in [2.05, 4.69) is 10.3 Å². The lowest BCUT2D eigenvalue weighted by Gasteiger charge is -2.10. The van der Waals surface area contributed by atoms with Crippen molar-refractivity contribution in [1.29, 1.82) is 0 Å². The molecule has 0 aliphatic heterocycles. The van der Waals surface area contributed by atoms with Gasteiger partial charge in [-0.3, -0.25) is 0 Å². The Morgan fingerprint density at radius 3 is 2.26 bits per heavy atom. The molecule has 0 saturated heterocycles. The Bertz CT molecular complexity index is 762. The van der Waals surface area contributed by atoms with Gasteiger partial charge in [0.15, 0.2) is 11.7 Å². The first-order valence-electron chi connectivity index (χ1n) is 6.52. The van der Waals surface area contributed by atoms with Crippen LogP contribution in [0.4, 0.5) is 0 Å². The molecule has 0 unspecified atom stereocenters. The first kappa shape index (κ1) is 16.4. The number of nitrogens with zero attached hydrogens (tertiary/aromatic N) is 2. The van der Waals surface area contributed by atoms with Crippen LogP contribution in [0.3, 0.4) is 0 Å². The number of hydrogen-bond acceptors (Lipinski definition) is 5. The number of rotatable bonds is 5. The Labute approximate surface area is 137 Å². The molecule has 0 heterocycles. The molecule has 0 saturated carbocycles. The van der Waals surface area contributed by atoms with Crippen molar-refractivity contribution in [2.24, 2.45) is 21.8 Å². The van der Waals surface area contributed by atoms with Gasteiger partial charge in [0, 0.05) is 11.1 Å². The normalized spacial score (nSPS) is 12.2. The van der Waals surface area contributed by atoms with Gasteiger partial charge in [-0.2, -0.15) is 0 Å². The second kappa shape index (κ2) is 7.37. The Morgan fingerprint density at radius 1 is 1.00 bits per heavy atom. The summed E-state index contributed by atoms with van der Waals surface area (Å²) in [5.41, 5.74) is 12.9. The summed E-state index contributed by atoms with van der Waals surface area (Å²) in [5.74, 6) is 0.438. The van der Waals surface area contributed by atoms with Gasteiger partial charge in [-0.05, 0) is 29.8 Å². The summed E-state index contributed by atoms with van der Waals surface area (Å²) in [6.45, 7) is 0.245. The maximum atomic E-state index is 8.69. The zero-order valence-corrected chi connectivity index (χ0v) is 12.7. The van der Waals surface area contributed by atoms with Crippen LogP contribution in [0.5, 0.6) is 5.75 Å². The van der Waals surface area contributed by atoms with Crippen molar-refractivity contribution >= 4 is 23.3 Å². The van der Waals surface area contributed by atoms with Crippen molar-refractivity contribution in [2.45, 2.75) is 6.61 Å². The molecule has 6 N–H and O–H groups in total. The predicted molar refractivity (Wildman–Crippen MR) is 87.2 cm³/mol. The summed E-state index contributed by atoms with van der Waals surface area (Å²) in [6.07, 6.45) is 0. The van der Waals surface area contributed by atoms with E-state index in [9.17, 15) is 0 Å². The molecule has 23 heavy (non-hydrogen) atoms. The SMILES string of the molecule is N/C(=N\O)c1cccc(COc2ccc(/C(N)=N/O)cc2Cl)c1. The number of oxime groups is 2. The standard InChI is InChI=1S/C15H15ClN4O3/c16-12-7-11(15(18)20-22)4-5-13(12)23-8-9-2-1-3-10(6-9)14(17)19-21/h1-7,21-22H,8H2,(H2,17,19)(H2,18,20). The molecule has 0 bridgehead atoms. The van der Waals surface area contributed by atoms with Crippen LogP contribution < -0.4 is 16.2 Å². The van der Waals surface area contributed by atoms with Crippen molar-refractivity contribution in [2.75, 3.05) is 0 Å². The molecule has 0 spiro atoms. The van der Waals surface area contributed by atoms with Gasteiger partial charge in [0.2, 0.25) is 0 Å². The van der Waals surface area contributed by atoms with Crippen molar-refractivity contribution in [1.82, 2.24) is 0 Å². The van der Waals surface area contributed by atoms with E-state index < -0.39 is 0 Å². The number of nitrogens with two attached hydrogens (primary N) is 2. The fraction of sp³-hybridized carbons (Fsp3) is 0.0667. The molecule has 2 aromatic carbocycles. The summed E-state index contributed by atoms with van der Waals surface area (Å²) in [6, 6.07) is 11.9. The van der Waals surface area contributed by atoms with Crippen LogP contribution >= 0.6 is 11.6 Å². The van der Waals surface area contributed by atoms with E-state index in [1.807, 2.05) is 6.07 Å². The average Bonchev–Trinajstić information content (AvgIpc) is 2.59. The highest BCUT2D eigenvalue weighted by Gasteiger charge is 2.07. The van der Waals surface area contributed by atoms with Crippen LogP contribution in [0.1, 0.15) is 16.7 Å². The van der Waals surface area contributed by atoms with Gasteiger partial charge in [-0.25, -0.2) is 0 Å². The highest BCUT2D eigenvalue weighted by molar-refractivity contribution is 6.32. The van der Waals surface area contributed by atoms with E-state index in [1.165, 1.54) is 0 Å². The molecule has 120 valence electrons. The first-order chi connectivity index (χ1) is 11.0. The molecule has 0 atom stereocenters. The number of benzene rings is 2. The van der Waals surface area contributed by atoms with Gasteiger partial charge in [0.25, 0.3) is 0 Å². The van der Waals surface area contributed by atoms with E-state index in [4.69, 9.17) is 38.2 Å². The minimum atomic E-state index is -0.0371. The number of halogens is 1. The topological polar surface area (TPSA) is 126 Å². The van der Waals surface area contributed by atoms with Gasteiger partial charge in [0.1, 0.15) is 12.4 Å². The Kier molecular flexibility index (Phi) is 5.27. The molecule has 2 rings (SSSR count). The average molecular weight is 335 g/mol. The third-order valence-corrected chi connectivity index (χ3v) is 3.36. The van der Waals surface area contributed by atoms with E-state index in [-0.39, 0.29) is 18.3 Å². The molecular weight excluding hydrogens is 320 g/mol. The van der Waals surface area contributed by atoms with Crippen LogP contribution in [0.25, 0.3) is 0 Å². The first-order valence-corrected chi connectivity index (χ1v) is 6.90. The number of amidine groups is 2. The van der Waals surface area contributed by atoms with Crippen molar-refractivity contribution < 1.29 is 15.2 Å². The second-order valence-corrected chi connectivity index (χ2v) is 5.01. The van der Waals surface area contributed by atoms with Gasteiger partial charge in [0.05, 0.1) is 5.02 Å². The highest BCUT2D eigenvalue weighted by Crippen LogP contribution is 2.26. The molecule has 0 radical (unpaired) electrons. The van der Waals surface area contributed by atoms with Crippen LogP contribution in [0.15, 0.2) is 52.8 Å². The zero-order chi connectivity index (χ0) is 16.8. The minimum absolute atomic E-state index is 0.0213. The summed E-state index contributed by atoms with van der Waals surface area (Å²) < 4.78 is 5.64. The third-order valence-electron chi connectivity index (χ3n) is 3.06. The lowest BCUT2D eigenvalue weighted by atomic mass is 10.1. The molecule has 0 amide bonds. The van der Waals surface area contributed by atoms with E-state index in [1.54, 1.807) is 36.4 Å². The minimum Gasteiger partial charge on any atom is -0.487 e. The van der Waals surface area contributed by atoms with E-state index in [0.29, 0.717) is 21.9 Å². The molecular formula is C15H15ClN4O3. The maximum Gasteiger partial charge on any atom is 0.170 e. The van der Waals surface area contributed by atoms with Crippen LogP contribution in [0, 0.1) is 0 Å². The Morgan fingerprint density at radius 2 is 1.65 bits per heavy atom. The zero-order valence-electron chi connectivity index (χ0n) is 12.0. The molecule has 2 aromatic rings. The quantitative estimate of drug-likeness (QED) is 0.288. The number of hydrogen-bond donors (Lipinski definition) is 4. The largest absolute Gasteiger partial charge is 0.487 e. The second-order valence-electron chi connectivity index (χ2n) is 4.60. The van der Waals surface area contributed by atoms with Crippen LogP contribution in [-0.4, -0.2) is 22.1 Å². The Hall–Kier alpha value is -2.93. The molecule has 0 aromatic heterocycles. The van der Waals surface area contributed by atoms with Gasteiger partial charge < -0.3 is 26.6 Å². The van der Waals surface area contributed by atoms with Crippen molar-refractivity contribution in [3.8, 4) is 5.75 Å². The number of ether oxygens (including phenoxy) is 1. The summed E-state index contributed by atoms with van der Waals surface area (Å²) >= 11 is 6.11. The molecule has 8 heteroatoms. The molecule has 0 aliphatic carbocycles. The fourth-order valence-electron chi connectivity index (χ4n) is 1.87. The monoisotopic (exact) mass is 334 g/mol. The van der Waals surface area contributed by atoms with Crippen LogP contribution in [0.2, 0.25) is 5.02 Å². The summed E-state index contributed by atoms with van der Waals surface area (Å²) in [4.78, 5) is 0. The van der Waals surface area contributed by atoms with E-state index >= 15 is 0 Å². The van der Waals surface area contributed by atoms with Gasteiger partial charge in [-0.1, -0.05) is 40.1 Å². The van der Waals surface area contributed by atoms with E-state index in [0.717, 1.165) is 5.56 Å². The molecule has 7 nitrogen and oxygen atoms in total. The smallest absolute Gasteiger partial charge is 0.170 e. The lowest BCUT2D eigenvalue weighted by molar-refractivity contribution is 0.306. The maximum absolute atomic E-state index is 8.69. The molecule has 0 fully saturated rings. The highest BCUT2D eigenvalue weighted by atomic mass is 35.5. The fourth-order valence-corrected chi connectivity index (χ4v) is 2.11. The predicted octanol–water partition coefficient (Wildman–Crippen LogP) is 2.11. The van der Waals surface area contributed by atoms with Crippen molar-refractivity contribution in [3.05, 3.63) is 64.2 Å². The van der Waals surface area contributed by atoms with Crippen LogP contribution in [-0.2, 0) is 6.61 Å². The van der Waals surface area contributed by atoms with Gasteiger partial charge >= 0.3 is 0 Å². The lowest BCUT2D eigenvalue weighted by Crippen LogP contribution is -2.13. The summed E-state index contributed by atoms with van der Waals surface area (Å²) in [7, 11) is 0. The Balaban J connectivity index is 2.12. The third kappa shape index (κ3) is 4.04. The van der Waals surface area contributed by atoms with Crippen molar-refractivity contribution in [3.63, 3.8) is 0 Å². The summed E-state index contributed by atoms with van der Waals surface area (Å²) in [5, 5.41) is 23.5.